The van der Waals surface area contributed by atoms with Gasteiger partial charge in [0.1, 0.15) is 17.1 Å². The number of ether oxygens (including phenoxy) is 1. The minimum atomic E-state index is -0.0628. The molecule has 0 bridgehead atoms. The molecule has 19 heavy (non-hydrogen) atoms. The Morgan fingerprint density at radius 2 is 2.11 bits per heavy atom. The Hall–Kier alpha value is -2.01. The zero-order valence-corrected chi connectivity index (χ0v) is 11.7. The van der Waals surface area contributed by atoms with Crippen LogP contribution in [0.4, 0.5) is 0 Å². The summed E-state index contributed by atoms with van der Waals surface area (Å²) in [6.45, 7) is 3.69. The van der Waals surface area contributed by atoms with Gasteiger partial charge in [0.15, 0.2) is 0 Å². The molecular formula is C13H15ClN4O. The molecule has 3 N–H and O–H groups in total. The van der Waals surface area contributed by atoms with Crippen LogP contribution >= 0.6 is 11.6 Å². The van der Waals surface area contributed by atoms with Crippen molar-refractivity contribution in [1.29, 1.82) is 5.41 Å². The fourth-order valence-electron chi connectivity index (χ4n) is 1.90. The summed E-state index contributed by atoms with van der Waals surface area (Å²) in [4.78, 5) is 0. The first-order chi connectivity index (χ1) is 8.90. The maximum Gasteiger partial charge on any atom is 0.228 e. The third-order valence-electron chi connectivity index (χ3n) is 2.78. The van der Waals surface area contributed by atoms with Crippen LogP contribution in [0.25, 0.3) is 0 Å². The molecule has 0 spiro atoms. The van der Waals surface area contributed by atoms with Gasteiger partial charge in [-0.25, -0.2) is 4.68 Å². The largest absolute Gasteiger partial charge is 0.438 e. The van der Waals surface area contributed by atoms with Gasteiger partial charge in [-0.2, -0.15) is 5.10 Å². The van der Waals surface area contributed by atoms with Crippen molar-refractivity contribution in [3.63, 3.8) is 0 Å². The van der Waals surface area contributed by atoms with Gasteiger partial charge in [-0.15, -0.1) is 0 Å². The van der Waals surface area contributed by atoms with Crippen LogP contribution in [0.1, 0.15) is 16.8 Å². The summed E-state index contributed by atoms with van der Waals surface area (Å²) in [5, 5.41) is 12.5. The number of nitrogens with one attached hydrogen (secondary N) is 1. The Bertz CT molecular complexity index is 648. The molecule has 0 unspecified atom stereocenters. The van der Waals surface area contributed by atoms with E-state index in [2.05, 4.69) is 5.10 Å². The van der Waals surface area contributed by atoms with Crippen molar-refractivity contribution in [1.82, 2.24) is 9.78 Å². The number of aryl methyl sites for hydroxylation is 3. The minimum absolute atomic E-state index is 0.0628. The molecule has 0 fully saturated rings. The number of hydrogen-bond donors (Lipinski definition) is 2. The van der Waals surface area contributed by atoms with E-state index in [4.69, 9.17) is 27.5 Å². The van der Waals surface area contributed by atoms with Crippen molar-refractivity contribution in [3.8, 4) is 11.6 Å². The van der Waals surface area contributed by atoms with Gasteiger partial charge < -0.3 is 10.5 Å². The van der Waals surface area contributed by atoms with Gasteiger partial charge in [0, 0.05) is 12.1 Å². The average molecular weight is 279 g/mol. The third-order valence-corrected chi connectivity index (χ3v) is 3.02. The SMILES string of the molecule is Cc1cc(Cl)ccc1Oc1c(C(=N)N)c(C)nn1C. The van der Waals surface area contributed by atoms with Gasteiger partial charge in [-0.05, 0) is 37.6 Å². The summed E-state index contributed by atoms with van der Waals surface area (Å²) in [7, 11) is 1.75. The lowest BCUT2D eigenvalue weighted by atomic mass is 10.2. The summed E-state index contributed by atoms with van der Waals surface area (Å²) in [6.07, 6.45) is 0. The molecule has 0 saturated carbocycles. The molecule has 0 amide bonds. The highest BCUT2D eigenvalue weighted by Gasteiger charge is 2.18. The quantitative estimate of drug-likeness (QED) is 0.669. The Labute approximate surface area is 116 Å². The molecule has 0 aliphatic carbocycles. The van der Waals surface area contributed by atoms with Crippen LogP contribution in [-0.2, 0) is 7.05 Å². The van der Waals surface area contributed by atoms with E-state index in [1.165, 1.54) is 0 Å². The fourth-order valence-corrected chi connectivity index (χ4v) is 2.12. The minimum Gasteiger partial charge on any atom is -0.438 e. The number of rotatable bonds is 3. The van der Waals surface area contributed by atoms with Crippen LogP contribution in [0.15, 0.2) is 18.2 Å². The van der Waals surface area contributed by atoms with Crippen molar-refractivity contribution in [2.24, 2.45) is 12.8 Å². The lowest BCUT2D eigenvalue weighted by Crippen LogP contribution is -2.13. The summed E-state index contributed by atoms with van der Waals surface area (Å²) < 4.78 is 7.40. The normalized spacial score (nSPS) is 10.5. The monoisotopic (exact) mass is 278 g/mol. The molecule has 2 aromatic rings. The van der Waals surface area contributed by atoms with E-state index in [0.29, 0.717) is 27.9 Å². The van der Waals surface area contributed by atoms with E-state index in [0.717, 1.165) is 5.56 Å². The number of hydrogen-bond acceptors (Lipinski definition) is 3. The Morgan fingerprint density at radius 3 is 2.68 bits per heavy atom. The Kier molecular flexibility index (Phi) is 3.48. The number of amidine groups is 1. The molecule has 0 saturated heterocycles. The number of halogens is 1. The Morgan fingerprint density at radius 1 is 1.42 bits per heavy atom. The van der Waals surface area contributed by atoms with Crippen LogP contribution in [0.2, 0.25) is 5.02 Å². The number of benzene rings is 1. The maximum atomic E-state index is 7.61. The average Bonchev–Trinajstić information content (AvgIpc) is 2.57. The van der Waals surface area contributed by atoms with E-state index in [1.807, 2.05) is 13.0 Å². The van der Waals surface area contributed by atoms with Crippen LogP contribution in [0.3, 0.4) is 0 Å². The molecule has 0 aliphatic heterocycles. The first kappa shape index (κ1) is 13.4. The van der Waals surface area contributed by atoms with Crippen LogP contribution in [-0.4, -0.2) is 15.6 Å². The standard InChI is InChI=1S/C13H15ClN4O/c1-7-6-9(14)4-5-10(7)19-13-11(12(15)16)8(2)17-18(13)3/h4-6H,1-3H3,(H3,15,16). The molecular weight excluding hydrogens is 264 g/mol. The zero-order valence-electron chi connectivity index (χ0n) is 11.0. The van der Waals surface area contributed by atoms with Gasteiger partial charge in [-0.3, -0.25) is 5.41 Å². The number of nitrogens with zero attached hydrogens (tertiary/aromatic N) is 2. The maximum absolute atomic E-state index is 7.61. The summed E-state index contributed by atoms with van der Waals surface area (Å²) in [5.41, 5.74) is 7.65. The van der Waals surface area contributed by atoms with Crippen molar-refractivity contribution in [3.05, 3.63) is 40.0 Å². The third kappa shape index (κ3) is 2.56. The van der Waals surface area contributed by atoms with Crippen LogP contribution < -0.4 is 10.5 Å². The second-order valence-electron chi connectivity index (χ2n) is 4.31. The smallest absolute Gasteiger partial charge is 0.228 e. The summed E-state index contributed by atoms with van der Waals surface area (Å²) >= 11 is 5.91. The van der Waals surface area contributed by atoms with Gasteiger partial charge in [0.05, 0.1) is 5.69 Å². The fraction of sp³-hybridized carbons (Fsp3) is 0.231. The molecule has 0 radical (unpaired) electrons. The predicted molar refractivity (Wildman–Crippen MR) is 75.2 cm³/mol. The molecule has 0 atom stereocenters. The summed E-state index contributed by atoms with van der Waals surface area (Å²) in [5.74, 6) is 1.05. The molecule has 100 valence electrons. The van der Waals surface area contributed by atoms with Crippen molar-refractivity contribution in [2.75, 3.05) is 0 Å². The van der Waals surface area contributed by atoms with Gasteiger partial charge in [0.2, 0.25) is 5.88 Å². The van der Waals surface area contributed by atoms with E-state index in [-0.39, 0.29) is 5.84 Å². The predicted octanol–water partition coefficient (Wildman–Crippen LogP) is 2.77. The first-order valence-electron chi connectivity index (χ1n) is 5.72. The molecule has 1 heterocycles. The van der Waals surface area contributed by atoms with Gasteiger partial charge >= 0.3 is 0 Å². The van der Waals surface area contributed by atoms with Crippen molar-refractivity contribution >= 4 is 17.4 Å². The first-order valence-corrected chi connectivity index (χ1v) is 6.10. The van der Waals surface area contributed by atoms with E-state index in [9.17, 15) is 0 Å². The highest BCUT2D eigenvalue weighted by molar-refractivity contribution is 6.30. The lowest BCUT2D eigenvalue weighted by Gasteiger charge is -2.10. The van der Waals surface area contributed by atoms with Gasteiger partial charge in [-0.1, -0.05) is 11.6 Å². The lowest BCUT2D eigenvalue weighted by molar-refractivity contribution is 0.427. The topological polar surface area (TPSA) is 76.9 Å². The number of nitrogen functional groups attached to an aromatic ring is 1. The van der Waals surface area contributed by atoms with Crippen LogP contribution in [0.5, 0.6) is 11.6 Å². The van der Waals surface area contributed by atoms with E-state index < -0.39 is 0 Å². The number of nitrogens with two attached hydrogens (primary N) is 1. The zero-order chi connectivity index (χ0) is 14.2. The van der Waals surface area contributed by atoms with Crippen molar-refractivity contribution < 1.29 is 4.74 Å². The van der Waals surface area contributed by atoms with E-state index in [1.54, 1.807) is 30.8 Å². The molecule has 0 aliphatic rings. The molecule has 6 heteroatoms. The molecule has 5 nitrogen and oxygen atoms in total. The van der Waals surface area contributed by atoms with E-state index >= 15 is 0 Å². The summed E-state index contributed by atoms with van der Waals surface area (Å²) in [6, 6.07) is 5.35. The molecule has 2 rings (SSSR count). The highest BCUT2D eigenvalue weighted by atomic mass is 35.5. The number of aromatic nitrogens is 2. The Balaban J connectivity index is 2.46. The van der Waals surface area contributed by atoms with Crippen molar-refractivity contribution in [2.45, 2.75) is 13.8 Å². The molecule has 1 aromatic heterocycles. The second kappa shape index (κ2) is 4.93. The second-order valence-corrected chi connectivity index (χ2v) is 4.75. The van der Waals surface area contributed by atoms with Crippen LogP contribution in [0, 0.1) is 19.3 Å². The van der Waals surface area contributed by atoms with Gasteiger partial charge in [0.25, 0.3) is 0 Å². The molecule has 1 aromatic carbocycles. The highest BCUT2D eigenvalue weighted by Crippen LogP contribution is 2.30.